The second-order valence-corrected chi connectivity index (χ2v) is 10.2. The molecule has 1 amide bonds. The molecule has 0 unspecified atom stereocenters. The molecule has 0 aromatic heterocycles. The molecule has 3 aromatic carbocycles. The standard InChI is InChI=1S/C27H32N2O4S/c1-6-24(22-14-15-26(33-5)21(4)17-22)28-27(30)18-29(25-16-19(2)12-13-20(25)3)34(31,32)23-10-8-7-9-11-23/h7-17,24H,6,18H2,1-5H3,(H,28,30)/t24-/m0/s1. The summed E-state index contributed by atoms with van der Waals surface area (Å²) >= 11 is 0. The third-order valence-corrected chi connectivity index (χ3v) is 7.59. The SMILES string of the molecule is CC[C@H](NC(=O)CN(c1cc(C)ccc1C)S(=O)(=O)c1ccccc1)c1ccc(OC)c(C)c1. The molecule has 0 aliphatic carbocycles. The lowest BCUT2D eigenvalue weighted by Crippen LogP contribution is -2.42. The Hall–Kier alpha value is -3.32. The fraction of sp³-hybridized carbons (Fsp3) is 0.296. The second kappa shape index (κ2) is 10.7. The van der Waals surface area contributed by atoms with Crippen LogP contribution in [0, 0.1) is 20.8 Å². The second-order valence-electron chi connectivity index (χ2n) is 8.37. The van der Waals surface area contributed by atoms with Gasteiger partial charge in [-0.05, 0) is 73.7 Å². The molecule has 0 aliphatic heterocycles. The van der Waals surface area contributed by atoms with Crippen LogP contribution in [-0.2, 0) is 14.8 Å². The van der Waals surface area contributed by atoms with E-state index < -0.39 is 10.0 Å². The number of hydrogen-bond donors (Lipinski definition) is 1. The summed E-state index contributed by atoms with van der Waals surface area (Å²) < 4.78 is 33.7. The highest BCUT2D eigenvalue weighted by Crippen LogP contribution is 2.28. The molecule has 0 saturated carbocycles. The van der Waals surface area contributed by atoms with Gasteiger partial charge in [0.15, 0.2) is 0 Å². The van der Waals surface area contributed by atoms with Crippen molar-refractivity contribution < 1.29 is 17.9 Å². The Morgan fingerprint density at radius 2 is 1.68 bits per heavy atom. The highest BCUT2D eigenvalue weighted by molar-refractivity contribution is 7.92. The molecule has 0 saturated heterocycles. The van der Waals surface area contributed by atoms with E-state index in [0.717, 1.165) is 28.0 Å². The molecule has 1 atom stereocenters. The van der Waals surface area contributed by atoms with Gasteiger partial charge in [-0.2, -0.15) is 0 Å². The molecule has 180 valence electrons. The fourth-order valence-electron chi connectivity index (χ4n) is 3.92. The van der Waals surface area contributed by atoms with Crippen molar-refractivity contribution in [3.63, 3.8) is 0 Å². The molecule has 6 nitrogen and oxygen atoms in total. The van der Waals surface area contributed by atoms with Crippen LogP contribution in [0.15, 0.2) is 71.6 Å². The first-order chi connectivity index (χ1) is 16.2. The number of ether oxygens (including phenoxy) is 1. The minimum atomic E-state index is -3.96. The Balaban J connectivity index is 1.94. The number of nitrogens with one attached hydrogen (secondary N) is 1. The largest absolute Gasteiger partial charge is 0.496 e. The quantitative estimate of drug-likeness (QED) is 0.463. The predicted octanol–water partition coefficient (Wildman–Crippen LogP) is 5.08. The number of aryl methyl sites for hydroxylation is 3. The van der Waals surface area contributed by atoms with E-state index >= 15 is 0 Å². The monoisotopic (exact) mass is 480 g/mol. The van der Waals surface area contributed by atoms with Crippen LogP contribution >= 0.6 is 0 Å². The van der Waals surface area contributed by atoms with Gasteiger partial charge in [0, 0.05) is 0 Å². The summed E-state index contributed by atoms with van der Waals surface area (Å²) in [5.74, 6) is 0.403. The van der Waals surface area contributed by atoms with E-state index in [1.807, 2.05) is 58.0 Å². The minimum Gasteiger partial charge on any atom is -0.496 e. The number of amides is 1. The zero-order chi connectivity index (χ0) is 24.9. The first-order valence-electron chi connectivity index (χ1n) is 11.3. The molecule has 34 heavy (non-hydrogen) atoms. The first kappa shape index (κ1) is 25.3. The Morgan fingerprint density at radius 3 is 2.29 bits per heavy atom. The number of nitrogens with zero attached hydrogens (tertiary/aromatic N) is 1. The zero-order valence-corrected chi connectivity index (χ0v) is 21.1. The number of carbonyl (C=O) groups excluding carboxylic acids is 1. The normalized spacial score (nSPS) is 12.1. The van der Waals surface area contributed by atoms with Gasteiger partial charge in [-0.25, -0.2) is 8.42 Å². The number of methoxy groups -OCH3 is 1. The molecule has 0 aliphatic rings. The van der Waals surface area contributed by atoms with Crippen LogP contribution in [0.2, 0.25) is 0 Å². The smallest absolute Gasteiger partial charge is 0.264 e. The summed E-state index contributed by atoms with van der Waals surface area (Å²) in [5.41, 5.74) is 4.09. The average Bonchev–Trinajstić information content (AvgIpc) is 2.83. The van der Waals surface area contributed by atoms with Gasteiger partial charge < -0.3 is 10.1 Å². The first-order valence-corrected chi connectivity index (χ1v) is 12.7. The van der Waals surface area contributed by atoms with E-state index in [0.29, 0.717) is 12.1 Å². The van der Waals surface area contributed by atoms with Gasteiger partial charge in [0.25, 0.3) is 10.0 Å². The summed E-state index contributed by atoms with van der Waals surface area (Å²) in [6, 6.07) is 19.3. The van der Waals surface area contributed by atoms with Crippen LogP contribution in [-0.4, -0.2) is 28.0 Å². The number of anilines is 1. The van der Waals surface area contributed by atoms with Crippen molar-refractivity contribution in [2.24, 2.45) is 0 Å². The third kappa shape index (κ3) is 5.59. The van der Waals surface area contributed by atoms with Crippen LogP contribution in [0.4, 0.5) is 5.69 Å². The number of benzene rings is 3. The molecule has 0 fully saturated rings. The average molecular weight is 481 g/mol. The summed E-state index contributed by atoms with van der Waals surface area (Å²) in [5, 5.41) is 3.02. The molecule has 1 N–H and O–H groups in total. The van der Waals surface area contributed by atoms with Crippen molar-refractivity contribution in [1.29, 1.82) is 0 Å². The van der Waals surface area contributed by atoms with Crippen molar-refractivity contribution in [2.75, 3.05) is 18.0 Å². The van der Waals surface area contributed by atoms with E-state index in [4.69, 9.17) is 4.74 Å². The third-order valence-electron chi connectivity index (χ3n) is 5.82. The van der Waals surface area contributed by atoms with E-state index in [1.165, 1.54) is 4.31 Å². The van der Waals surface area contributed by atoms with Crippen LogP contribution in [0.1, 0.15) is 41.6 Å². The van der Waals surface area contributed by atoms with Gasteiger partial charge in [0.1, 0.15) is 12.3 Å². The van der Waals surface area contributed by atoms with Gasteiger partial charge in [-0.1, -0.05) is 49.4 Å². The van der Waals surface area contributed by atoms with Crippen LogP contribution < -0.4 is 14.4 Å². The van der Waals surface area contributed by atoms with E-state index in [1.54, 1.807) is 43.5 Å². The van der Waals surface area contributed by atoms with Crippen molar-refractivity contribution in [1.82, 2.24) is 5.32 Å². The molecule has 3 aromatic rings. The summed E-state index contributed by atoms with van der Waals surface area (Å²) in [6.07, 6.45) is 0.659. The molecular weight excluding hydrogens is 448 g/mol. The van der Waals surface area contributed by atoms with Gasteiger partial charge in [-0.3, -0.25) is 9.10 Å². The lowest BCUT2D eigenvalue weighted by molar-refractivity contribution is -0.120. The molecular formula is C27H32N2O4S. The summed E-state index contributed by atoms with van der Waals surface area (Å²) in [4.78, 5) is 13.4. The Bertz CT molecular complexity index is 1260. The number of carbonyl (C=O) groups is 1. The van der Waals surface area contributed by atoms with E-state index in [9.17, 15) is 13.2 Å². The van der Waals surface area contributed by atoms with Crippen molar-refractivity contribution >= 4 is 21.6 Å². The number of sulfonamides is 1. The topological polar surface area (TPSA) is 75.7 Å². The highest BCUT2D eigenvalue weighted by atomic mass is 32.2. The molecule has 0 spiro atoms. The maximum absolute atomic E-state index is 13.6. The van der Waals surface area contributed by atoms with Crippen molar-refractivity contribution in [3.05, 3.63) is 89.0 Å². The van der Waals surface area contributed by atoms with Crippen LogP contribution in [0.5, 0.6) is 5.75 Å². The molecule has 7 heteroatoms. The summed E-state index contributed by atoms with van der Waals surface area (Å²) in [7, 11) is -2.33. The van der Waals surface area contributed by atoms with Crippen molar-refractivity contribution in [2.45, 2.75) is 45.1 Å². The van der Waals surface area contributed by atoms with Crippen LogP contribution in [0.25, 0.3) is 0 Å². The lowest BCUT2D eigenvalue weighted by atomic mass is 10.0. The van der Waals surface area contributed by atoms with Crippen molar-refractivity contribution in [3.8, 4) is 5.75 Å². The fourth-order valence-corrected chi connectivity index (χ4v) is 5.42. The minimum absolute atomic E-state index is 0.140. The van der Waals surface area contributed by atoms with E-state index in [-0.39, 0.29) is 23.4 Å². The maximum atomic E-state index is 13.6. The molecule has 0 heterocycles. The van der Waals surface area contributed by atoms with Gasteiger partial charge in [0.2, 0.25) is 5.91 Å². The molecule has 3 rings (SSSR count). The summed E-state index contributed by atoms with van der Waals surface area (Å²) in [6.45, 7) is 7.34. The van der Waals surface area contributed by atoms with Gasteiger partial charge >= 0.3 is 0 Å². The Morgan fingerprint density at radius 1 is 0.971 bits per heavy atom. The van der Waals surface area contributed by atoms with Crippen LogP contribution in [0.3, 0.4) is 0 Å². The number of hydrogen-bond acceptors (Lipinski definition) is 4. The highest BCUT2D eigenvalue weighted by Gasteiger charge is 2.29. The number of rotatable bonds is 9. The molecule has 0 bridgehead atoms. The van der Waals surface area contributed by atoms with Gasteiger partial charge in [-0.15, -0.1) is 0 Å². The van der Waals surface area contributed by atoms with Gasteiger partial charge in [0.05, 0.1) is 23.7 Å². The van der Waals surface area contributed by atoms with E-state index in [2.05, 4.69) is 5.32 Å². The molecule has 0 radical (unpaired) electrons. The Kier molecular flexibility index (Phi) is 7.99. The zero-order valence-electron chi connectivity index (χ0n) is 20.3. The Labute approximate surface area is 202 Å². The maximum Gasteiger partial charge on any atom is 0.264 e. The lowest BCUT2D eigenvalue weighted by Gasteiger charge is -2.27. The predicted molar refractivity (Wildman–Crippen MR) is 136 cm³/mol.